The minimum absolute atomic E-state index is 0. The lowest BCUT2D eigenvalue weighted by molar-refractivity contribution is -0.144. The molecule has 0 aliphatic heterocycles. The summed E-state index contributed by atoms with van der Waals surface area (Å²) in [5.41, 5.74) is 0.562. The molecule has 2 fully saturated rings. The summed E-state index contributed by atoms with van der Waals surface area (Å²) in [4.78, 5) is 30.0. The van der Waals surface area contributed by atoms with E-state index in [0.29, 0.717) is 6.54 Å². The molecule has 2 aromatic rings. The van der Waals surface area contributed by atoms with E-state index in [1.807, 2.05) is 30.3 Å². The van der Waals surface area contributed by atoms with Crippen molar-refractivity contribution in [2.45, 2.75) is 63.4 Å². The average Bonchev–Trinajstić information content (AvgIpc) is 2.78. The number of aliphatic carboxylic acids is 1. The fourth-order valence-corrected chi connectivity index (χ4v) is 5.68. The number of amides is 1. The molecule has 6 nitrogen and oxygen atoms in total. The first-order chi connectivity index (χ1) is 15.1. The Balaban J connectivity index is 0.00000289. The summed E-state index contributed by atoms with van der Waals surface area (Å²) in [6, 6.07) is 12.5. The number of fused-ring (bicyclic) bond motifs is 2. The number of benzene rings is 1. The van der Waals surface area contributed by atoms with Crippen molar-refractivity contribution in [1.82, 2.24) is 10.3 Å². The van der Waals surface area contributed by atoms with Crippen LogP contribution < -0.4 is 5.32 Å². The van der Waals surface area contributed by atoms with Gasteiger partial charge in [0.25, 0.3) is 5.91 Å². The third-order valence-electron chi connectivity index (χ3n) is 6.52. The van der Waals surface area contributed by atoms with E-state index >= 15 is 0 Å². The van der Waals surface area contributed by atoms with E-state index in [9.17, 15) is 14.7 Å². The molecule has 7 heteroatoms. The molecule has 32 heavy (non-hydrogen) atoms. The molecule has 1 aromatic heterocycles. The van der Waals surface area contributed by atoms with Crippen molar-refractivity contribution < 1.29 is 18.9 Å². The van der Waals surface area contributed by atoms with Crippen LogP contribution in [0.15, 0.2) is 53.6 Å². The van der Waals surface area contributed by atoms with Crippen LogP contribution in [0.1, 0.15) is 74.5 Å². The lowest BCUT2D eigenvalue weighted by Gasteiger charge is -2.45. The Morgan fingerprint density at radius 3 is 2.56 bits per heavy atom. The third kappa shape index (κ3) is 5.70. The molecule has 2 saturated carbocycles. The lowest BCUT2D eigenvalue weighted by Crippen LogP contribution is -2.43. The molecule has 2 aliphatic rings. The van der Waals surface area contributed by atoms with Gasteiger partial charge in [0.2, 0.25) is 6.10 Å². The van der Waals surface area contributed by atoms with Crippen molar-refractivity contribution in [3.05, 3.63) is 59.9 Å². The van der Waals surface area contributed by atoms with E-state index in [-0.39, 0.29) is 30.0 Å². The van der Waals surface area contributed by atoms with E-state index in [0.717, 1.165) is 35.7 Å². The Labute approximate surface area is 194 Å². The van der Waals surface area contributed by atoms with Crippen LogP contribution in [0.4, 0.5) is 0 Å². The van der Waals surface area contributed by atoms with Gasteiger partial charge in [-0.3, -0.25) is 14.0 Å². The van der Waals surface area contributed by atoms with Crippen molar-refractivity contribution in [2.75, 3.05) is 6.54 Å². The van der Waals surface area contributed by atoms with Gasteiger partial charge < -0.3 is 10.4 Å². The highest BCUT2D eigenvalue weighted by Crippen LogP contribution is 2.48. The average molecular weight is 457 g/mol. The summed E-state index contributed by atoms with van der Waals surface area (Å²) < 4.78 is 5.60. The standard InChI is InChI=1S/C24H28N2O4S.CH4/c27-22(26-16-24-12-4-7-17(15-24)8-5-13-24)19-11-6-14-25-20(19)21(23(28)29)30-31-18-9-2-1-3-10-18;/h1-3,6,9-11,14,17,21H,4-5,7-8,12-13,15-16H2,(H,26,27)(H,28,29);1H4. The molecular formula is C25H32N2O4S. The number of aromatic nitrogens is 1. The predicted octanol–water partition coefficient (Wildman–Crippen LogP) is 5.66. The van der Waals surface area contributed by atoms with Crippen molar-refractivity contribution in [1.29, 1.82) is 0 Å². The molecule has 1 aromatic carbocycles. The van der Waals surface area contributed by atoms with Crippen molar-refractivity contribution in [3.63, 3.8) is 0 Å². The Hall–Kier alpha value is -2.38. The van der Waals surface area contributed by atoms with Crippen molar-refractivity contribution >= 4 is 23.9 Å². The first-order valence-electron chi connectivity index (χ1n) is 10.9. The van der Waals surface area contributed by atoms with Gasteiger partial charge in [-0.25, -0.2) is 4.79 Å². The van der Waals surface area contributed by atoms with E-state index in [2.05, 4.69) is 10.3 Å². The zero-order valence-corrected chi connectivity index (χ0v) is 18.3. The molecule has 0 radical (unpaired) electrons. The monoisotopic (exact) mass is 456 g/mol. The second-order valence-corrected chi connectivity index (χ2v) is 9.51. The topological polar surface area (TPSA) is 88.5 Å². The molecule has 1 unspecified atom stereocenters. The van der Waals surface area contributed by atoms with E-state index < -0.39 is 12.1 Å². The van der Waals surface area contributed by atoms with Gasteiger partial charge in [0.05, 0.1) is 11.3 Å². The van der Waals surface area contributed by atoms with Crippen LogP contribution in [0.5, 0.6) is 0 Å². The van der Waals surface area contributed by atoms with Gasteiger partial charge in [-0.2, -0.15) is 0 Å². The zero-order valence-electron chi connectivity index (χ0n) is 17.5. The second-order valence-electron chi connectivity index (χ2n) is 8.68. The number of carboxylic acids is 1. The molecular weight excluding hydrogens is 424 g/mol. The Morgan fingerprint density at radius 2 is 1.88 bits per heavy atom. The minimum atomic E-state index is -1.35. The van der Waals surface area contributed by atoms with E-state index in [1.54, 1.807) is 12.1 Å². The first kappa shape index (κ1) is 24.3. The van der Waals surface area contributed by atoms with Crippen LogP contribution in [0.3, 0.4) is 0 Å². The van der Waals surface area contributed by atoms with Crippen LogP contribution in [0.2, 0.25) is 0 Å². The number of carbonyl (C=O) groups is 2. The van der Waals surface area contributed by atoms with Crippen LogP contribution in [0.25, 0.3) is 0 Å². The first-order valence-corrected chi connectivity index (χ1v) is 11.6. The molecule has 0 spiro atoms. The Morgan fingerprint density at radius 1 is 1.16 bits per heavy atom. The number of carboxylic acid groups (broad SMARTS) is 1. The van der Waals surface area contributed by atoms with E-state index in [4.69, 9.17) is 4.18 Å². The van der Waals surface area contributed by atoms with Crippen LogP contribution in [-0.4, -0.2) is 28.5 Å². The molecule has 1 amide bonds. The SMILES string of the molecule is C.O=C(NCC12CCCC(CCC1)C2)c1cccnc1C(OSc1ccccc1)C(=O)O. The maximum absolute atomic E-state index is 13.1. The van der Waals surface area contributed by atoms with Gasteiger partial charge in [-0.1, -0.05) is 51.3 Å². The number of hydrogen-bond donors (Lipinski definition) is 2. The van der Waals surface area contributed by atoms with Gasteiger partial charge in [0.15, 0.2) is 0 Å². The summed E-state index contributed by atoms with van der Waals surface area (Å²) in [5.74, 6) is -0.685. The van der Waals surface area contributed by atoms with Gasteiger partial charge in [-0.05, 0) is 54.9 Å². The normalized spacial score (nSPS) is 22.9. The van der Waals surface area contributed by atoms with Gasteiger partial charge in [0.1, 0.15) is 0 Å². The Kier molecular flexibility index (Phi) is 8.32. The van der Waals surface area contributed by atoms with Crippen LogP contribution >= 0.6 is 12.0 Å². The summed E-state index contributed by atoms with van der Waals surface area (Å²) in [5, 5.41) is 12.8. The number of nitrogens with one attached hydrogen (secondary N) is 1. The summed E-state index contributed by atoms with van der Waals surface area (Å²) >= 11 is 0.966. The summed E-state index contributed by atoms with van der Waals surface area (Å²) in [6.07, 6.45) is 8.69. The highest BCUT2D eigenvalue weighted by molar-refractivity contribution is 7.94. The molecule has 2 bridgehead atoms. The summed E-state index contributed by atoms with van der Waals surface area (Å²) in [6.45, 7) is 0.633. The van der Waals surface area contributed by atoms with Crippen LogP contribution in [-0.2, 0) is 8.98 Å². The second kappa shape index (κ2) is 11.0. The predicted molar refractivity (Wildman–Crippen MR) is 125 cm³/mol. The molecule has 4 rings (SSSR count). The van der Waals surface area contributed by atoms with Crippen molar-refractivity contribution in [2.24, 2.45) is 11.3 Å². The van der Waals surface area contributed by atoms with Gasteiger partial charge >= 0.3 is 5.97 Å². The number of rotatable bonds is 8. The molecule has 2 aliphatic carbocycles. The van der Waals surface area contributed by atoms with Crippen molar-refractivity contribution in [3.8, 4) is 0 Å². The molecule has 2 N–H and O–H groups in total. The van der Waals surface area contributed by atoms with Gasteiger partial charge in [0, 0.05) is 29.7 Å². The molecule has 1 heterocycles. The smallest absolute Gasteiger partial charge is 0.340 e. The maximum atomic E-state index is 13.1. The third-order valence-corrected chi connectivity index (χ3v) is 7.28. The maximum Gasteiger partial charge on any atom is 0.340 e. The minimum Gasteiger partial charge on any atom is -0.479 e. The number of nitrogens with zero attached hydrogens (tertiary/aromatic N) is 1. The Bertz CT molecular complexity index is 911. The fraction of sp³-hybridized carbons (Fsp3) is 0.480. The summed E-state index contributed by atoms with van der Waals surface area (Å²) in [7, 11) is 0. The fourth-order valence-electron chi connectivity index (χ4n) is 5.04. The number of pyridine rings is 1. The molecule has 0 saturated heterocycles. The number of carbonyl (C=O) groups excluding carboxylic acids is 1. The zero-order chi connectivity index (χ0) is 21.7. The van der Waals surface area contributed by atoms with Gasteiger partial charge in [-0.15, -0.1) is 0 Å². The highest BCUT2D eigenvalue weighted by Gasteiger charge is 2.39. The molecule has 1 atom stereocenters. The van der Waals surface area contributed by atoms with Crippen LogP contribution in [0, 0.1) is 11.3 Å². The number of hydrogen-bond acceptors (Lipinski definition) is 5. The van der Waals surface area contributed by atoms with E-state index in [1.165, 1.54) is 38.3 Å². The molecule has 172 valence electrons. The lowest BCUT2D eigenvalue weighted by atomic mass is 9.62. The highest BCUT2D eigenvalue weighted by atomic mass is 32.2. The quantitative estimate of drug-likeness (QED) is 0.499. The largest absolute Gasteiger partial charge is 0.479 e.